The van der Waals surface area contributed by atoms with Crippen molar-refractivity contribution in [3.8, 4) is 5.75 Å². The fraction of sp³-hybridized carbons (Fsp3) is 0.538. The Labute approximate surface area is 104 Å². The van der Waals surface area contributed by atoms with Gasteiger partial charge in [0.2, 0.25) is 0 Å². The highest BCUT2D eigenvalue weighted by molar-refractivity contribution is 7.80. The summed E-state index contributed by atoms with van der Waals surface area (Å²) in [4.78, 5) is 0. The molecule has 0 bridgehead atoms. The minimum atomic E-state index is 0.0252. The molecule has 2 N–H and O–H groups in total. The van der Waals surface area contributed by atoms with E-state index in [1.807, 2.05) is 6.07 Å². The van der Waals surface area contributed by atoms with Crippen molar-refractivity contribution < 1.29 is 4.74 Å². The third-order valence-electron chi connectivity index (χ3n) is 2.68. The molecule has 0 aliphatic heterocycles. The van der Waals surface area contributed by atoms with Gasteiger partial charge in [0.25, 0.3) is 0 Å². The third-order valence-corrected chi connectivity index (χ3v) is 3.17. The molecule has 0 saturated carbocycles. The Bertz CT molecular complexity index is 357. The minimum absolute atomic E-state index is 0.0252. The first-order chi connectivity index (χ1) is 7.40. The van der Waals surface area contributed by atoms with Gasteiger partial charge in [-0.3, -0.25) is 0 Å². The van der Waals surface area contributed by atoms with E-state index in [2.05, 4.69) is 45.5 Å². The first kappa shape index (κ1) is 13.4. The molecule has 0 heterocycles. The second-order valence-corrected chi connectivity index (χ2v) is 5.58. The lowest BCUT2D eigenvalue weighted by Gasteiger charge is -2.22. The zero-order valence-electron chi connectivity index (χ0n) is 10.4. The molecular formula is C13H21NOS. The number of rotatable bonds is 3. The van der Waals surface area contributed by atoms with E-state index in [1.165, 1.54) is 5.56 Å². The van der Waals surface area contributed by atoms with Gasteiger partial charge in [-0.05, 0) is 17.0 Å². The van der Waals surface area contributed by atoms with Gasteiger partial charge in [-0.2, -0.15) is 12.6 Å². The molecule has 0 aromatic heterocycles. The average Bonchev–Trinajstić information content (AvgIpc) is 2.25. The molecule has 1 rings (SSSR count). The maximum atomic E-state index is 5.65. The lowest BCUT2D eigenvalue weighted by atomic mass is 9.85. The number of benzene rings is 1. The summed E-state index contributed by atoms with van der Waals surface area (Å²) in [5, 5.41) is 0.0252. The number of hydrogen-bond acceptors (Lipinski definition) is 3. The topological polar surface area (TPSA) is 35.2 Å². The molecule has 90 valence electrons. The summed E-state index contributed by atoms with van der Waals surface area (Å²) < 4.78 is 5.33. The molecule has 0 aliphatic carbocycles. The fourth-order valence-electron chi connectivity index (χ4n) is 1.59. The second kappa shape index (κ2) is 5.11. The lowest BCUT2D eigenvalue weighted by molar-refractivity contribution is 0.408. The summed E-state index contributed by atoms with van der Waals surface area (Å²) in [6.07, 6.45) is 0. The van der Waals surface area contributed by atoms with Crippen LogP contribution < -0.4 is 10.5 Å². The Kier molecular flexibility index (Phi) is 4.28. The van der Waals surface area contributed by atoms with E-state index in [1.54, 1.807) is 7.11 Å². The molecule has 1 aromatic rings. The third kappa shape index (κ3) is 2.92. The van der Waals surface area contributed by atoms with E-state index in [9.17, 15) is 0 Å². The molecule has 16 heavy (non-hydrogen) atoms. The van der Waals surface area contributed by atoms with Crippen LogP contribution in [0.2, 0.25) is 0 Å². The van der Waals surface area contributed by atoms with E-state index in [-0.39, 0.29) is 10.7 Å². The summed E-state index contributed by atoms with van der Waals surface area (Å²) in [6, 6.07) is 6.23. The van der Waals surface area contributed by atoms with Crippen LogP contribution in [0, 0.1) is 0 Å². The summed E-state index contributed by atoms with van der Waals surface area (Å²) in [5.74, 6) is 0.860. The van der Waals surface area contributed by atoms with Crippen LogP contribution in [0.3, 0.4) is 0 Å². The van der Waals surface area contributed by atoms with E-state index in [0.29, 0.717) is 6.54 Å². The Morgan fingerprint density at radius 3 is 2.44 bits per heavy atom. The number of hydrogen-bond donors (Lipinski definition) is 2. The van der Waals surface area contributed by atoms with Crippen molar-refractivity contribution in [1.29, 1.82) is 0 Å². The van der Waals surface area contributed by atoms with Gasteiger partial charge in [-0.25, -0.2) is 0 Å². The first-order valence-corrected chi connectivity index (χ1v) is 5.98. The number of nitrogens with two attached hydrogens (primary N) is 1. The van der Waals surface area contributed by atoms with Crippen molar-refractivity contribution in [2.45, 2.75) is 31.4 Å². The zero-order chi connectivity index (χ0) is 12.3. The number of ether oxygens (including phenoxy) is 1. The Hall–Kier alpha value is -0.670. The minimum Gasteiger partial charge on any atom is -0.496 e. The molecule has 0 spiro atoms. The molecule has 0 saturated heterocycles. The van der Waals surface area contributed by atoms with Gasteiger partial charge in [-0.15, -0.1) is 0 Å². The van der Waals surface area contributed by atoms with Crippen molar-refractivity contribution >= 4 is 12.6 Å². The number of methoxy groups -OCH3 is 1. The predicted molar refractivity (Wildman–Crippen MR) is 72.5 cm³/mol. The van der Waals surface area contributed by atoms with E-state index in [4.69, 9.17) is 10.5 Å². The summed E-state index contributed by atoms with van der Waals surface area (Å²) >= 11 is 4.48. The van der Waals surface area contributed by atoms with Crippen LogP contribution in [-0.4, -0.2) is 13.7 Å². The predicted octanol–water partition coefficient (Wildman–Crippen LogP) is 2.92. The van der Waals surface area contributed by atoms with Gasteiger partial charge in [0.1, 0.15) is 5.75 Å². The molecule has 0 amide bonds. The highest BCUT2D eigenvalue weighted by Gasteiger charge is 2.18. The fourth-order valence-corrected chi connectivity index (χ4v) is 1.79. The first-order valence-electron chi connectivity index (χ1n) is 5.46. The normalized spacial score (nSPS) is 13.6. The van der Waals surface area contributed by atoms with Gasteiger partial charge >= 0.3 is 0 Å². The smallest absolute Gasteiger partial charge is 0.123 e. The number of thiol groups is 1. The quantitative estimate of drug-likeness (QED) is 0.796. The molecule has 1 aromatic carbocycles. The van der Waals surface area contributed by atoms with E-state index in [0.717, 1.165) is 11.3 Å². The molecule has 0 fully saturated rings. The Morgan fingerprint density at radius 1 is 1.38 bits per heavy atom. The van der Waals surface area contributed by atoms with Gasteiger partial charge in [-0.1, -0.05) is 32.9 Å². The van der Waals surface area contributed by atoms with Crippen molar-refractivity contribution in [2.24, 2.45) is 5.73 Å². The monoisotopic (exact) mass is 239 g/mol. The Morgan fingerprint density at radius 2 is 2.00 bits per heavy atom. The molecule has 0 aliphatic rings. The molecule has 3 heteroatoms. The van der Waals surface area contributed by atoms with Crippen LogP contribution >= 0.6 is 12.6 Å². The van der Waals surface area contributed by atoms with Crippen LogP contribution in [-0.2, 0) is 5.41 Å². The maximum Gasteiger partial charge on any atom is 0.123 e. The highest BCUT2D eigenvalue weighted by Crippen LogP contribution is 2.33. The standard InChI is InChI=1S/C13H21NOS/c1-13(2,3)9-5-6-11(15-4)10(7-9)12(16)8-14/h5-7,12,16H,8,14H2,1-4H3. The van der Waals surface area contributed by atoms with Gasteiger partial charge in [0.05, 0.1) is 7.11 Å². The maximum absolute atomic E-state index is 5.65. The van der Waals surface area contributed by atoms with Crippen LogP contribution in [0.25, 0.3) is 0 Å². The Balaban J connectivity index is 3.21. The second-order valence-electron chi connectivity index (χ2n) is 4.96. The molecule has 2 nitrogen and oxygen atoms in total. The zero-order valence-corrected chi connectivity index (χ0v) is 11.3. The van der Waals surface area contributed by atoms with Crippen molar-refractivity contribution in [3.63, 3.8) is 0 Å². The molecule has 0 radical (unpaired) electrons. The molecular weight excluding hydrogens is 218 g/mol. The molecule has 1 unspecified atom stereocenters. The van der Waals surface area contributed by atoms with E-state index < -0.39 is 0 Å². The van der Waals surface area contributed by atoms with Gasteiger partial charge in [0, 0.05) is 17.4 Å². The van der Waals surface area contributed by atoms with Crippen LogP contribution in [0.5, 0.6) is 5.75 Å². The van der Waals surface area contributed by atoms with Crippen molar-refractivity contribution in [2.75, 3.05) is 13.7 Å². The van der Waals surface area contributed by atoms with Gasteiger partial charge < -0.3 is 10.5 Å². The van der Waals surface area contributed by atoms with Crippen molar-refractivity contribution in [1.82, 2.24) is 0 Å². The average molecular weight is 239 g/mol. The highest BCUT2D eigenvalue weighted by atomic mass is 32.1. The largest absolute Gasteiger partial charge is 0.496 e. The lowest BCUT2D eigenvalue weighted by Crippen LogP contribution is -2.14. The summed E-state index contributed by atoms with van der Waals surface area (Å²) in [7, 11) is 1.67. The van der Waals surface area contributed by atoms with Crippen LogP contribution in [0.4, 0.5) is 0 Å². The summed E-state index contributed by atoms with van der Waals surface area (Å²) in [6.45, 7) is 7.07. The van der Waals surface area contributed by atoms with Crippen LogP contribution in [0.15, 0.2) is 18.2 Å². The van der Waals surface area contributed by atoms with Crippen LogP contribution in [0.1, 0.15) is 37.1 Å². The van der Waals surface area contributed by atoms with E-state index >= 15 is 0 Å². The molecule has 1 atom stereocenters. The van der Waals surface area contributed by atoms with Gasteiger partial charge in [0.15, 0.2) is 0 Å². The SMILES string of the molecule is COc1ccc(C(C)(C)C)cc1C(S)CN. The summed E-state index contributed by atoms with van der Waals surface area (Å²) in [5.41, 5.74) is 8.13. The van der Waals surface area contributed by atoms with Crippen molar-refractivity contribution in [3.05, 3.63) is 29.3 Å².